The molecule has 1 spiro atoms. The van der Waals surface area contributed by atoms with Crippen LogP contribution < -0.4 is 5.73 Å². The van der Waals surface area contributed by atoms with E-state index in [1.165, 1.54) is 0 Å². The topological polar surface area (TPSA) is 55.6 Å². The molecule has 2 fully saturated rings. The molecule has 0 aromatic heterocycles. The van der Waals surface area contributed by atoms with Gasteiger partial charge in [-0.05, 0) is 36.7 Å². The van der Waals surface area contributed by atoms with Crippen molar-refractivity contribution in [2.24, 2.45) is 11.1 Å². The lowest BCUT2D eigenvalue weighted by Crippen LogP contribution is -2.53. The number of hydrogen-bond acceptors (Lipinski definition) is 3. The number of nitrogens with zero attached hydrogens (tertiary/aromatic N) is 1. The van der Waals surface area contributed by atoms with E-state index in [0.717, 1.165) is 44.3 Å². The summed E-state index contributed by atoms with van der Waals surface area (Å²) < 4.78 is 5.37. The van der Waals surface area contributed by atoms with Gasteiger partial charge in [0.25, 0.3) is 0 Å². The Hall–Kier alpha value is -1.26. The molecule has 2 N–H and O–H groups in total. The Balaban J connectivity index is 0.00000161. The van der Waals surface area contributed by atoms with Crippen LogP contribution in [0.1, 0.15) is 31.2 Å². The summed E-state index contributed by atoms with van der Waals surface area (Å²) in [5, 5.41) is 0. The van der Waals surface area contributed by atoms with Gasteiger partial charge in [0.05, 0.1) is 0 Å². The molecule has 1 saturated heterocycles. The molecule has 1 aliphatic heterocycles. The van der Waals surface area contributed by atoms with Crippen LogP contribution in [0, 0.1) is 5.41 Å². The SMILES string of the molecule is Cl.NC1CC2(CCN(C(=O)OCc3ccccc3)CC2)C1. The van der Waals surface area contributed by atoms with Gasteiger partial charge in [0.15, 0.2) is 0 Å². The van der Waals surface area contributed by atoms with Crippen LogP contribution in [0.2, 0.25) is 0 Å². The lowest BCUT2D eigenvalue weighted by molar-refractivity contribution is 0.0123. The molecule has 1 saturated carbocycles. The lowest BCUT2D eigenvalue weighted by atomic mass is 9.61. The summed E-state index contributed by atoms with van der Waals surface area (Å²) in [4.78, 5) is 13.9. The Morgan fingerprint density at radius 1 is 1.24 bits per heavy atom. The number of benzene rings is 1. The van der Waals surface area contributed by atoms with E-state index in [2.05, 4.69) is 0 Å². The van der Waals surface area contributed by atoms with Crippen molar-refractivity contribution < 1.29 is 9.53 Å². The van der Waals surface area contributed by atoms with Gasteiger partial charge < -0.3 is 15.4 Å². The monoisotopic (exact) mass is 310 g/mol. The molecule has 1 heterocycles. The second-order valence-corrected chi connectivity index (χ2v) is 6.20. The maximum absolute atomic E-state index is 12.0. The van der Waals surface area contributed by atoms with Gasteiger partial charge in [-0.1, -0.05) is 30.3 Å². The molecule has 0 unspecified atom stereocenters. The van der Waals surface area contributed by atoms with Gasteiger partial charge in [0, 0.05) is 19.1 Å². The third-order valence-electron chi connectivity index (χ3n) is 4.68. The first kappa shape index (κ1) is 16.1. The van der Waals surface area contributed by atoms with Crippen LogP contribution in [0.5, 0.6) is 0 Å². The number of amides is 1. The van der Waals surface area contributed by atoms with Crippen molar-refractivity contribution in [3.63, 3.8) is 0 Å². The van der Waals surface area contributed by atoms with E-state index in [-0.39, 0.29) is 18.5 Å². The van der Waals surface area contributed by atoms with Gasteiger partial charge in [-0.3, -0.25) is 0 Å². The number of hydrogen-bond donors (Lipinski definition) is 1. The molecule has 0 atom stereocenters. The zero-order chi connectivity index (χ0) is 14.0. The fourth-order valence-electron chi connectivity index (χ4n) is 3.44. The molecule has 1 aromatic carbocycles. The van der Waals surface area contributed by atoms with E-state index in [4.69, 9.17) is 10.5 Å². The molecule has 21 heavy (non-hydrogen) atoms. The number of nitrogens with two attached hydrogens (primary N) is 1. The van der Waals surface area contributed by atoms with Crippen molar-refractivity contribution in [2.45, 2.75) is 38.3 Å². The molecular weight excluding hydrogens is 288 g/mol. The van der Waals surface area contributed by atoms with Crippen molar-refractivity contribution in [1.29, 1.82) is 0 Å². The minimum absolute atomic E-state index is 0. The van der Waals surface area contributed by atoms with Crippen molar-refractivity contribution in [3.8, 4) is 0 Å². The predicted molar refractivity (Wildman–Crippen MR) is 84.3 cm³/mol. The highest BCUT2D eigenvalue weighted by Crippen LogP contribution is 2.48. The summed E-state index contributed by atoms with van der Waals surface area (Å²) in [5.41, 5.74) is 7.34. The van der Waals surface area contributed by atoms with E-state index in [9.17, 15) is 4.79 Å². The molecular formula is C16H23ClN2O2. The van der Waals surface area contributed by atoms with E-state index in [0.29, 0.717) is 18.1 Å². The zero-order valence-corrected chi connectivity index (χ0v) is 13.0. The number of piperidine rings is 1. The van der Waals surface area contributed by atoms with Gasteiger partial charge in [-0.2, -0.15) is 0 Å². The highest BCUT2D eigenvalue weighted by atomic mass is 35.5. The van der Waals surface area contributed by atoms with Crippen molar-refractivity contribution in [3.05, 3.63) is 35.9 Å². The maximum atomic E-state index is 12.0. The first-order chi connectivity index (χ1) is 9.67. The third kappa shape index (κ3) is 3.69. The van der Waals surface area contributed by atoms with Crippen LogP contribution >= 0.6 is 12.4 Å². The van der Waals surface area contributed by atoms with Gasteiger partial charge in [0.1, 0.15) is 6.61 Å². The van der Waals surface area contributed by atoms with Crippen LogP contribution in [0.4, 0.5) is 4.79 Å². The molecule has 1 amide bonds. The second-order valence-electron chi connectivity index (χ2n) is 6.20. The number of carbonyl (C=O) groups excluding carboxylic acids is 1. The summed E-state index contributed by atoms with van der Waals surface area (Å²) >= 11 is 0. The molecule has 5 heteroatoms. The summed E-state index contributed by atoms with van der Waals surface area (Å²) in [6, 6.07) is 10.2. The summed E-state index contributed by atoms with van der Waals surface area (Å²) in [6.07, 6.45) is 4.20. The van der Waals surface area contributed by atoms with Gasteiger partial charge >= 0.3 is 6.09 Å². The molecule has 0 radical (unpaired) electrons. The molecule has 3 rings (SSSR count). The Labute approximate surface area is 132 Å². The number of likely N-dealkylation sites (tertiary alicyclic amines) is 1. The summed E-state index contributed by atoms with van der Waals surface area (Å²) in [6.45, 7) is 1.97. The van der Waals surface area contributed by atoms with Crippen LogP contribution in [0.15, 0.2) is 30.3 Å². The van der Waals surface area contributed by atoms with Gasteiger partial charge in [-0.25, -0.2) is 4.79 Å². The average molecular weight is 311 g/mol. The Morgan fingerprint density at radius 2 is 1.86 bits per heavy atom. The zero-order valence-electron chi connectivity index (χ0n) is 12.2. The van der Waals surface area contributed by atoms with Crippen LogP contribution in [-0.2, 0) is 11.3 Å². The van der Waals surface area contributed by atoms with Gasteiger partial charge in [0.2, 0.25) is 0 Å². The Morgan fingerprint density at radius 3 is 2.43 bits per heavy atom. The molecule has 116 valence electrons. The third-order valence-corrected chi connectivity index (χ3v) is 4.68. The van der Waals surface area contributed by atoms with Crippen molar-refractivity contribution in [1.82, 2.24) is 4.90 Å². The highest BCUT2D eigenvalue weighted by molar-refractivity contribution is 5.85. The van der Waals surface area contributed by atoms with E-state index in [1.807, 2.05) is 35.2 Å². The standard InChI is InChI=1S/C16H22N2O2.ClH/c17-14-10-16(11-14)6-8-18(9-7-16)15(19)20-12-13-4-2-1-3-5-13;/h1-5,14H,6-12,17H2;1H. The highest BCUT2D eigenvalue weighted by Gasteiger charge is 2.44. The van der Waals surface area contributed by atoms with Crippen molar-refractivity contribution in [2.75, 3.05) is 13.1 Å². The first-order valence-electron chi connectivity index (χ1n) is 7.38. The van der Waals surface area contributed by atoms with E-state index < -0.39 is 0 Å². The number of rotatable bonds is 2. The summed E-state index contributed by atoms with van der Waals surface area (Å²) in [5.74, 6) is 0. The largest absolute Gasteiger partial charge is 0.445 e. The Bertz CT molecular complexity index is 464. The van der Waals surface area contributed by atoms with Gasteiger partial charge in [-0.15, -0.1) is 12.4 Å². The molecule has 1 aromatic rings. The Kier molecular flexibility index (Phi) is 5.12. The molecule has 2 aliphatic rings. The number of carbonyl (C=O) groups is 1. The quantitative estimate of drug-likeness (QED) is 0.913. The number of ether oxygens (including phenoxy) is 1. The second kappa shape index (κ2) is 6.67. The average Bonchev–Trinajstić information content (AvgIpc) is 2.45. The van der Waals surface area contributed by atoms with Crippen LogP contribution in [-0.4, -0.2) is 30.1 Å². The molecule has 4 nitrogen and oxygen atoms in total. The maximum Gasteiger partial charge on any atom is 0.410 e. The van der Waals surface area contributed by atoms with Crippen LogP contribution in [0.25, 0.3) is 0 Å². The minimum Gasteiger partial charge on any atom is -0.445 e. The fraction of sp³-hybridized carbons (Fsp3) is 0.562. The smallest absolute Gasteiger partial charge is 0.410 e. The predicted octanol–water partition coefficient (Wildman–Crippen LogP) is 2.95. The number of halogens is 1. The van der Waals surface area contributed by atoms with E-state index >= 15 is 0 Å². The van der Waals surface area contributed by atoms with E-state index in [1.54, 1.807) is 0 Å². The van der Waals surface area contributed by atoms with Crippen LogP contribution in [0.3, 0.4) is 0 Å². The lowest BCUT2D eigenvalue weighted by Gasteiger charge is -2.50. The molecule has 0 bridgehead atoms. The normalized spacial score (nSPS) is 20.5. The molecule has 1 aliphatic carbocycles. The minimum atomic E-state index is -0.188. The summed E-state index contributed by atoms with van der Waals surface area (Å²) in [7, 11) is 0. The first-order valence-corrected chi connectivity index (χ1v) is 7.38. The van der Waals surface area contributed by atoms with Crippen molar-refractivity contribution >= 4 is 18.5 Å². The fourth-order valence-corrected chi connectivity index (χ4v) is 3.44.